The molecule has 2 amide bonds. The van der Waals surface area contributed by atoms with Gasteiger partial charge < -0.3 is 16.0 Å². The lowest BCUT2D eigenvalue weighted by Gasteiger charge is -2.34. The molecule has 6 heteroatoms. The maximum atomic E-state index is 12.9. The van der Waals surface area contributed by atoms with Crippen molar-refractivity contribution in [2.45, 2.75) is 58.3 Å². The largest absolute Gasteiger partial charge is 0.355 e. The van der Waals surface area contributed by atoms with Gasteiger partial charge in [0.2, 0.25) is 11.8 Å². The molecule has 2 aliphatic rings. The third-order valence-electron chi connectivity index (χ3n) is 5.48. The average Bonchev–Trinajstić information content (AvgIpc) is 3.10. The normalized spacial score (nSPS) is 22.8. The van der Waals surface area contributed by atoms with Crippen LogP contribution < -0.4 is 11.1 Å². The van der Waals surface area contributed by atoms with Crippen LogP contribution in [0.25, 0.3) is 0 Å². The Kier molecular flexibility index (Phi) is 9.67. The number of halogens is 1. The number of nitrogens with two attached hydrogens (primary N) is 1. The van der Waals surface area contributed by atoms with Crippen LogP contribution in [0, 0.1) is 17.8 Å². The molecule has 5 nitrogen and oxygen atoms in total. The van der Waals surface area contributed by atoms with Gasteiger partial charge in [-0.05, 0) is 31.6 Å². The van der Waals surface area contributed by atoms with Crippen LogP contribution in [0.15, 0.2) is 0 Å². The summed E-state index contributed by atoms with van der Waals surface area (Å²) in [5.41, 5.74) is 5.44. The van der Waals surface area contributed by atoms with Crippen molar-refractivity contribution < 1.29 is 9.59 Å². The molecule has 1 aliphatic carbocycles. The van der Waals surface area contributed by atoms with Crippen molar-refractivity contribution in [1.29, 1.82) is 0 Å². The summed E-state index contributed by atoms with van der Waals surface area (Å²) in [7, 11) is 0. The number of likely N-dealkylation sites (tertiary alicyclic amines) is 1. The Morgan fingerprint density at radius 1 is 1.21 bits per heavy atom. The zero-order valence-electron chi connectivity index (χ0n) is 15.0. The van der Waals surface area contributed by atoms with E-state index < -0.39 is 0 Å². The third-order valence-corrected chi connectivity index (χ3v) is 5.48. The van der Waals surface area contributed by atoms with Crippen molar-refractivity contribution >= 4 is 24.2 Å². The molecule has 1 aliphatic heterocycles. The van der Waals surface area contributed by atoms with Crippen LogP contribution in [0.2, 0.25) is 0 Å². The third kappa shape index (κ3) is 5.92. The molecule has 24 heavy (non-hydrogen) atoms. The molecule has 0 bridgehead atoms. The smallest absolute Gasteiger partial charge is 0.225 e. The Morgan fingerprint density at radius 2 is 1.92 bits per heavy atom. The molecule has 0 aromatic rings. The molecule has 2 fully saturated rings. The fourth-order valence-electron chi connectivity index (χ4n) is 4.08. The van der Waals surface area contributed by atoms with E-state index in [0.717, 1.165) is 38.1 Å². The molecule has 2 unspecified atom stereocenters. The number of hydrogen-bond donors (Lipinski definition) is 2. The Hall–Kier alpha value is -0.810. The zero-order chi connectivity index (χ0) is 16.7. The fraction of sp³-hybridized carbons (Fsp3) is 0.889. The molecule has 0 spiro atoms. The first-order valence-electron chi connectivity index (χ1n) is 9.42. The van der Waals surface area contributed by atoms with Gasteiger partial charge in [0.05, 0.1) is 5.92 Å². The van der Waals surface area contributed by atoms with Crippen LogP contribution in [0.4, 0.5) is 0 Å². The second-order valence-corrected chi connectivity index (χ2v) is 7.19. The van der Waals surface area contributed by atoms with Crippen LogP contribution >= 0.6 is 12.4 Å². The summed E-state index contributed by atoms with van der Waals surface area (Å²) < 4.78 is 0. The van der Waals surface area contributed by atoms with Crippen LogP contribution in [0.1, 0.15) is 58.3 Å². The predicted molar refractivity (Wildman–Crippen MR) is 99.0 cm³/mol. The lowest BCUT2D eigenvalue weighted by Crippen LogP contribution is -2.48. The summed E-state index contributed by atoms with van der Waals surface area (Å²) in [5.74, 6) is 1.14. The lowest BCUT2D eigenvalue weighted by atomic mass is 9.89. The second-order valence-electron chi connectivity index (χ2n) is 7.19. The molecule has 140 valence electrons. The molecular weight excluding hydrogens is 326 g/mol. The number of nitrogens with one attached hydrogen (secondary N) is 1. The van der Waals surface area contributed by atoms with E-state index in [1.165, 1.54) is 25.7 Å². The van der Waals surface area contributed by atoms with Crippen LogP contribution in [-0.2, 0) is 9.59 Å². The molecule has 0 radical (unpaired) electrons. The first-order chi connectivity index (χ1) is 11.2. The van der Waals surface area contributed by atoms with E-state index in [-0.39, 0.29) is 36.1 Å². The number of hydrogen-bond acceptors (Lipinski definition) is 3. The minimum atomic E-state index is -0.0664. The number of amides is 2. The maximum Gasteiger partial charge on any atom is 0.225 e. The molecule has 3 N–H and O–H groups in total. The summed E-state index contributed by atoms with van der Waals surface area (Å²) in [6.45, 7) is 4.48. The van der Waals surface area contributed by atoms with Gasteiger partial charge in [0, 0.05) is 32.1 Å². The van der Waals surface area contributed by atoms with Gasteiger partial charge >= 0.3 is 0 Å². The molecule has 1 heterocycles. The zero-order valence-corrected chi connectivity index (χ0v) is 15.8. The van der Waals surface area contributed by atoms with Crippen molar-refractivity contribution in [3.05, 3.63) is 0 Å². The van der Waals surface area contributed by atoms with Crippen LogP contribution in [-0.4, -0.2) is 42.9 Å². The van der Waals surface area contributed by atoms with Crippen molar-refractivity contribution in [3.63, 3.8) is 0 Å². The van der Waals surface area contributed by atoms with Gasteiger partial charge in [-0.25, -0.2) is 0 Å². The summed E-state index contributed by atoms with van der Waals surface area (Å²) in [4.78, 5) is 27.0. The number of rotatable bonds is 7. The number of piperidine rings is 1. The van der Waals surface area contributed by atoms with E-state index in [0.29, 0.717) is 19.6 Å². The van der Waals surface area contributed by atoms with Gasteiger partial charge in [0.15, 0.2) is 0 Å². The quantitative estimate of drug-likeness (QED) is 0.732. The van der Waals surface area contributed by atoms with Gasteiger partial charge in [-0.15, -0.1) is 12.4 Å². The lowest BCUT2D eigenvalue weighted by molar-refractivity contribution is -0.140. The van der Waals surface area contributed by atoms with Gasteiger partial charge in [-0.2, -0.15) is 0 Å². The highest BCUT2D eigenvalue weighted by atomic mass is 35.5. The molecule has 2 rings (SSSR count). The Bertz CT molecular complexity index is 400. The van der Waals surface area contributed by atoms with E-state index in [9.17, 15) is 9.59 Å². The molecule has 0 aromatic heterocycles. The topological polar surface area (TPSA) is 75.4 Å². The summed E-state index contributed by atoms with van der Waals surface area (Å²) in [5, 5.41) is 2.86. The fourth-order valence-corrected chi connectivity index (χ4v) is 4.08. The predicted octanol–water partition coefficient (Wildman–Crippen LogP) is 2.33. The van der Waals surface area contributed by atoms with Crippen molar-refractivity contribution in [1.82, 2.24) is 10.2 Å². The van der Waals surface area contributed by atoms with E-state index in [1.54, 1.807) is 0 Å². The standard InChI is InChI=1S/C18H33N3O2.ClH/c1-2-15(12-14-6-3-4-7-14)18(23)21-11-5-8-16(13-21)17(22)20-10-9-19;/h14-16H,2-13,19H2,1H3,(H,20,22);1H. The summed E-state index contributed by atoms with van der Waals surface area (Å²) >= 11 is 0. The first kappa shape index (κ1) is 21.2. The molecule has 0 aromatic carbocycles. The second kappa shape index (κ2) is 10.9. The van der Waals surface area contributed by atoms with Crippen LogP contribution in [0.5, 0.6) is 0 Å². The maximum absolute atomic E-state index is 12.9. The van der Waals surface area contributed by atoms with Gasteiger partial charge in [0.25, 0.3) is 0 Å². The minimum absolute atomic E-state index is 0. The SMILES string of the molecule is CCC(CC1CCCC1)C(=O)N1CCCC(C(=O)NCCN)C1.Cl. The van der Waals surface area contributed by atoms with Crippen LogP contribution in [0.3, 0.4) is 0 Å². The van der Waals surface area contributed by atoms with Crippen molar-refractivity contribution in [2.24, 2.45) is 23.5 Å². The van der Waals surface area contributed by atoms with E-state index >= 15 is 0 Å². The summed E-state index contributed by atoms with van der Waals surface area (Å²) in [6.07, 6.45) is 8.96. The van der Waals surface area contributed by atoms with Gasteiger partial charge in [0.1, 0.15) is 0 Å². The highest BCUT2D eigenvalue weighted by Crippen LogP contribution is 2.32. The number of nitrogens with zero attached hydrogens (tertiary/aromatic N) is 1. The highest BCUT2D eigenvalue weighted by molar-refractivity contribution is 5.85. The monoisotopic (exact) mass is 359 g/mol. The van der Waals surface area contributed by atoms with Gasteiger partial charge in [-0.1, -0.05) is 32.6 Å². The Morgan fingerprint density at radius 3 is 2.54 bits per heavy atom. The van der Waals surface area contributed by atoms with Gasteiger partial charge in [-0.3, -0.25) is 9.59 Å². The van der Waals surface area contributed by atoms with Crippen molar-refractivity contribution in [2.75, 3.05) is 26.2 Å². The number of carbonyl (C=O) groups is 2. The van der Waals surface area contributed by atoms with E-state index in [4.69, 9.17) is 5.73 Å². The summed E-state index contributed by atoms with van der Waals surface area (Å²) in [6, 6.07) is 0. The highest BCUT2D eigenvalue weighted by Gasteiger charge is 2.32. The first-order valence-corrected chi connectivity index (χ1v) is 9.42. The molecule has 1 saturated heterocycles. The molecular formula is C18H34ClN3O2. The van der Waals surface area contributed by atoms with E-state index in [2.05, 4.69) is 12.2 Å². The minimum Gasteiger partial charge on any atom is -0.355 e. The Labute approximate surface area is 152 Å². The molecule has 1 saturated carbocycles. The molecule has 2 atom stereocenters. The number of carbonyl (C=O) groups excluding carboxylic acids is 2. The van der Waals surface area contributed by atoms with E-state index in [1.807, 2.05) is 4.90 Å². The Balaban J connectivity index is 0.00000288. The van der Waals surface area contributed by atoms with Crippen molar-refractivity contribution in [3.8, 4) is 0 Å². The average molecular weight is 360 g/mol.